The van der Waals surface area contributed by atoms with Crippen molar-refractivity contribution in [2.45, 2.75) is 11.5 Å². The third kappa shape index (κ3) is 9.35. The normalized spacial score (nSPS) is 10.4. The van der Waals surface area contributed by atoms with E-state index in [0.717, 1.165) is 11.1 Å². The molecule has 0 bridgehead atoms. The second-order valence-electron chi connectivity index (χ2n) is 6.54. The highest BCUT2D eigenvalue weighted by Gasteiger charge is 2.08. The summed E-state index contributed by atoms with van der Waals surface area (Å²) in [6.07, 6.45) is 0. The van der Waals surface area contributed by atoms with Crippen LogP contribution >= 0.6 is 23.5 Å². The number of carbonyl (C=O) groups is 2. The van der Waals surface area contributed by atoms with Crippen molar-refractivity contribution in [1.29, 1.82) is 0 Å². The maximum atomic E-state index is 11.9. The SMILES string of the molecule is O=C(CSCc1cccc([N+](=O)[O-])c1)NCCNC(=O)CSCc1cccc([N+](=O)[O-])c1. The zero-order valence-electron chi connectivity index (χ0n) is 17.0. The average Bonchev–Trinajstić information content (AvgIpc) is 2.77. The van der Waals surface area contributed by atoms with E-state index in [1.807, 2.05) is 0 Å². The van der Waals surface area contributed by atoms with Gasteiger partial charge in [0.25, 0.3) is 11.4 Å². The Morgan fingerprint density at radius 3 is 1.53 bits per heavy atom. The van der Waals surface area contributed by atoms with E-state index in [1.165, 1.54) is 47.8 Å². The molecule has 0 aliphatic rings. The van der Waals surface area contributed by atoms with Crippen LogP contribution in [-0.2, 0) is 21.1 Å². The Labute approximate surface area is 192 Å². The van der Waals surface area contributed by atoms with Crippen LogP contribution in [0, 0.1) is 20.2 Å². The number of carbonyl (C=O) groups excluding carboxylic acids is 2. The van der Waals surface area contributed by atoms with Crippen LogP contribution in [0.5, 0.6) is 0 Å². The highest BCUT2D eigenvalue weighted by Crippen LogP contribution is 2.18. The van der Waals surface area contributed by atoms with Crippen molar-refractivity contribution >= 4 is 46.7 Å². The highest BCUT2D eigenvalue weighted by molar-refractivity contribution is 7.99. The quantitative estimate of drug-likeness (QED) is 0.254. The summed E-state index contributed by atoms with van der Waals surface area (Å²) in [5.41, 5.74) is 1.58. The Bertz CT molecular complexity index is 895. The van der Waals surface area contributed by atoms with Gasteiger partial charge < -0.3 is 10.6 Å². The number of rotatable bonds is 13. The number of benzene rings is 2. The molecular weight excluding hydrogens is 456 g/mol. The van der Waals surface area contributed by atoms with Crippen LogP contribution in [0.2, 0.25) is 0 Å². The van der Waals surface area contributed by atoms with E-state index in [2.05, 4.69) is 10.6 Å². The topological polar surface area (TPSA) is 144 Å². The van der Waals surface area contributed by atoms with Gasteiger partial charge in [-0.15, -0.1) is 23.5 Å². The molecule has 2 aromatic rings. The molecule has 0 saturated heterocycles. The van der Waals surface area contributed by atoms with Crippen molar-refractivity contribution in [2.75, 3.05) is 24.6 Å². The standard InChI is InChI=1S/C20H22N4O6S2/c25-19(13-31-11-15-3-1-5-17(9-15)23(27)28)21-7-8-22-20(26)14-32-12-16-4-2-6-18(10-16)24(29)30/h1-6,9-10H,7-8,11-14H2,(H,21,25)(H,22,26). The van der Waals surface area contributed by atoms with E-state index in [0.29, 0.717) is 11.5 Å². The molecule has 0 spiro atoms. The number of nitrogens with zero attached hydrogens (tertiary/aromatic N) is 2. The molecule has 10 nitrogen and oxygen atoms in total. The smallest absolute Gasteiger partial charge is 0.269 e. The first kappa shape index (κ1) is 25.1. The van der Waals surface area contributed by atoms with Crippen LogP contribution < -0.4 is 10.6 Å². The lowest BCUT2D eigenvalue weighted by atomic mass is 10.2. The first-order valence-corrected chi connectivity index (χ1v) is 11.8. The summed E-state index contributed by atoms with van der Waals surface area (Å²) in [7, 11) is 0. The number of hydrogen-bond acceptors (Lipinski definition) is 8. The van der Waals surface area contributed by atoms with Crippen molar-refractivity contribution in [3.8, 4) is 0 Å². The molecule has 2 amide bonds. The lowest BCUT2D eigenvalue weighted by Crippen LogP contribution is -2.36. The zero-order valence-corrected chi connectivity index (χ0v) is 18.7. The van der Waals surface area contributed by atoms with Gasteiger partial charge in [-0.1, -0.05) is 24.3 Å². The average molecular weight is 479 g/mol. The number of thioether (sulfide) groups is 2. The molecule has 0 atom stereocenters. The van der Waals surface area contributed by atoms with Crippen LogP contribution in [0.3, 0.4) is 0 Å². The number of nitrogens with one attached hydrogen (secondary N) is 2. The van der Waals surface area contributed by atoms with Gasteiger partial charge in [0, 0.05) is 48.9 Å². The third-order valence-corrected chi connectivity index (χ3v) is 6.02. The van der Waals surface area contributed by atoms with Crippen molar-refractivity contribution in [2.24, 2.45) is 0 Å². The molecule has 12 heteroatoms. The van der Waals surface area contributed by atoms with E-state index < -0.39 is 9.85 Å². The second-order valence-corrected chi connectivity index (χ2v) is 8.51. The number of nitro benzene ring substituents is 2. The zero-order chi connectivity index (χ0) is 23.3. The van der Waals surface area contributed by atoms with E-state index in [9.17, 15) is 29.8 Å². The first-order valence-electron chi connectivity index (χ1n) is 9.50. The van der Waals surface area contributed by atoms with Crippen LogP contribution in [0.4, 0.5) is 11.4 Å². The van der Waals surface area contributed by atoms with Crippen molar-refractivity contribution in [3.05, 3.63) is 79.9 Å². The summed E-state index contributed by atoms with van der Waals surface area (Å²) >= 11 is 2.69. The first-order chi connectivity index (χ1) is 15.3. The van der Waals surface area contributed by atoms with Gasteiger partial charge in [-0.2, -0.15) is 0 Å². The van der Waals surface area contributed by atoms with Crippen LogP contribution in [-0.4, -0.2) is 46.3 Å². The second kappa shape index (κ2) is 13.3. The Balaban J connectivity index is 1.55. The number of amides is 2. The molecule has 0 unspecified atom stereocenters. The fourth-order valence-corrected chi connectivity index (χ4v) is 4.16. The highest BCUT2D eigenvalue weighted by atomic mass is 32.2. The minimum absolute atomic E-state index is 0.0199. The Morgan fingerprint density at radius 1 is 0.750 bits per heavy atom. The lowest BCUT2D eigenvalue weighted by molar-refractivity contribution is -0.385. The van der Waals surface area contributed by atoms with Gasteiger partial charge in [0.2, 0.25) is 11.8 Å². The Kier molecular flexibility index (Phi) is 10.5. The molecule has 170 valence electrons. The number of hydrogen-bond donors (Lipinski definition) is 2. The van der Waals surface area contributed by atoms with E-state index in [1.54, 1.807) is 24.3 Å². The van der Waals surface area contributed by atoms with E-state index in [-0.39, 0.29) is 47.8 Å². The summed E-state index contributed by atoms with van der Waals surface area (Å²) in [5, 5.41) is 26.9. The van der Waals surface area contributed by atoms with Crippen LogP contribution in [0.25, 0.3) is 0 Å². The van der Waals surface area contributed by atoms with Crippen molar-refractivity contribution < 1.29 is 19.4 Å². The summed E-state index contributed by atoms with van der Waals surface area (Å²) in [6.45, 7) is 0.578. The molecule has 2 aromatic carbocycles. The summed E-state index contributed by atoms with van der Waals surface area (Å²) in [4.78, 5) is 44.3. The predicted octanol–water partition coefficient (Wildman–Crippen LogP) is 2.90. The molecule has 0 radical (unpaired) electrons. The third-order valence-electron chi connectivity index (χ3n) is 4.02. The number of non-ortho nitro benzene ring substituents is 2. The molecular formula is C20H22N4O6S2. The minimum Gasteiger partial charge on any atom is -0.354 e. The molecule has 2 rings (SSSR count). The van der Waals surface area contributed by atoms with Gasteiger partial charge in [-0.3, -0.25) is 29.8 Å². The monoisotopic (exact) mass is 478 g/mol. The fourth-order valence-electron chi connectivity index (χ4n) is 2.55. The van der Waals surface area contributed by atoms with Gasteiger partial charge in [-0.25, -0.2) is 0 Å². The summed E-state index contributed by atoms with van der Waals surface area (Å²) in [6, 6.07) is 12.6. The van der Waals surface area contributed by atoms with E-state index >= 15 is 0 Å². The van der Waals surface area contributed by atoms with E-state index in [4.69, 9.17) is 0 Å². The molecule has 0 saturated carbocycles. The van der Waals surface area contributed by atoms with Gasteiger partial charge in [0.15, 0.2) is 0 Å². The van der Waals surface area contributed by atoms with Gasteiger partial charge in [0.1, 0.15) is 0 Å². The van der Waals surface area contributed by atoms with Gasteiger partial charge in [-0.05, 0) is 11.1 Å². The molecule has 0 aromatic heterocycles. The summed E-state index contributed by atoms with van der Waals surface area (Å²) in [5.74, 6) is 0.997. The fraction of sp³-hybridized carbons (Fsp3) is 0.300. The summed E-state index contributed by atoms with van der Waals surface area (Å²) < 4.78 is 0. The van der Waals surface area contributed by atoms with Crippen LogP contribution in [0.1, 0.15) is 11.1 Å². The molecule has 0 aliphatic carbocycles. The molecule has 0 aliphatic heterocycles. The molecule has 2 N–H and O–H groups in total. The molecule has 0 fully saturated rings. The predicted molar refractivity (Wildman–Crippen MR) is 125 cm³/mol. The number of nitro groups is 2. The maximum Gasteiger partial charge on any atom is 0.269 e. The van der Waals surface area contributed by atoms with Crippen molar-refractivity contribution in [1.82, 2.24) is 10.6 Å². The van der Waals surface area contributed by atoms with Gasteiger partial charge >= 0.3 is 0 Å². The maximum absolute atomic E-state index is 11.9. The van der Waals surface area contributed by atoms with Crippen LogP contribution in [0.15, 0.2) is 48.5 Å². The van der Waals surface area contributed by atoms with Crippen molar-refractivity contribution in [3.63, 3.8) is 0 Å². The van der Waals surface area contributed by atoms with Gasteiger partial charge in [0.05, 0.1) is 21.4 Å². The lowest BCUT2D eigenvalue weighted by Gasteiger charge is -2.07. The minimum atomic E-state index is -0.457. The largest absolute Gasteiger partial charge is 0.354 e. The molecule has 32 heavy (non-hydrogen) atoms. The Hall–Kier alpha value is -3.12. The Morgan fingerprint density at radius 2 is 1.16 bits per heavy atom. The molecule has 0 heterocycles.